The molecule has 4 atom stereocenters. The molecular weight excluding hydrogens is 1140 g/mol. The third-order valence-corrected chi connectivity index (χ3v) is 17.2. The van der Waals surface area contributed by atoms with Crippen molar-refractivity contribution in [1.29, 1.82) is 0 Å². The molecule has 2 aliphatic rings. The number of para-hydroxylation sites is 2. The number of nitrogens with two attached hydrogens (primary N) is 1. The number of aromatic hydroxyl groups is 1. The number of fused-ring (bicyclic) bond motifs is 3. The largest absolute Gasteiger partial charge is 0.508 e. The van der Waals surface area contributed by atoms with E-state index in [4.69, 9.17) is 19.2 Å². The molecule has 460 valence electrons. The van der Waals surface area contributed by atoms with Gasteiger partial charge in [0.1, 0.15) is 46.7 Å². The van der Waals surface area contributed by atoms with E-state index in [9.17, 15) is 43.8 Å². The average Bonchev–Trinajstić information content (AvgIpc) is 0.922. The van der Waals surface area contributed by atoms with Crippen LogP contribution in [0.15, 0.2) is 167 Å². The molecule has 1 heterocycles. The Kier molecular flexibility index (Phi) is 22.3. The molecule has 5 amide bonds. The van der Waals surface area contributed by atoms with Gasteiger partial charge in [-0.2, -0.15) is 0 Å². The second-order valence-electron chi connectivity index (χ2n) is 22.5. The quantitative estimate of drug-likeness (QED) is 0.0118. The maximum Gasteiger partial charge on any atom is 0.453 e. The molecule has 0 bridgehead atoms. The Balaban J connectivity index is 0.937. The number of carboxylic acids is 1. The molecule has 9 N–H and O–H groups in total. The van der Waals surface area contributed by atoms with Crippen molar-refractivity contribution in [2.75, 3.05) is 13.1 Å². The molecular formula is C68H75N6O13P. The lowest BCUT2D eigenvalue weighted by Gasteiger charge is -2.32. The van der Waals surface area contributed by atoms with Gasteiger partial charge in [0.2, 0.25) is 23.6 Å². The van der Waals surface area contributed by atoms with Crippen molar-refractivity contribution in [3.8, 4) is 39.7 Å². The highest BCUT2D eigenvalue weighted by Crippen LogP contribution is 2.54. The molecule has 0 saturated heterocycles. The number of amides is 5. The Morgan fingerprint density at radius 2 is 1.28 bits per heavy atom. The van der Waals surface area contributed by atoms with Crippen molar-refractivity contribution >= 4 is 64.8 Å². The van der Waals surface area contributed by atoms with E-state index >= 15 is 4.57 Å². The third kappa shape index (κ3) is 17.2. The highest BCUT2D eigenvalue weighted by Gasteiger charge is 2.44. The first-order valence-corrected chi connectivity index (χ1v) is 31.2. The number of rotatable bonds is 30. The summed E-state index contributed by atoms with van der Waals surface area (Å²) in [5.41, 5.74) is 7.58. The number of hydrogen-bond acceptors (Lipinski definition) is 13. The lowest BCUT2D eigenvalue weighted by molar-refractivity contribution is -0.134. The van der Waals surface area contributed by atoms with E-state index in [1.54, 1.807) is 80.6 Å². The molecule has 6 aromatic rings. The van der Waals surface area contributed by atoms with Crippen LogP contribution in [0.1, 0.15) is 105 Å². The monoisotopic (exact) mass is 1210 g/mol. The lowest BCUT2D eigenvalue weighted by atomic mass is 9.89. The van der Waals surface area contributed by atoms with E-state index in [1.807, 2.05) is 56.3 Å². The molecule has 8 rings (SSSR count). The first-order chi connectivity index (χ1) is 42.3. The molecule has 19 nitrogen and oxygen atoms in total. The fourth-order valence-corrected chi connectivity index (χ4v) is 12.6. The second-order valence-corrected chi connectivity index (χ2v) is 24.5. The van der Waals surface area contributed by atoms with E-state index in [-0.39, 0.29) is 88.9 Å². The van der Waals surface area contributed by atoms with E-state index in [1.165, 1.54) is 48.5 Å². The van der Waals surface area contributed by atoms with Crippen LogP contribution in [-0.4, -0.2) is 82.7 Å². The predicted molar refractivity (Wildman–Crippen MR) is 338 cm³/mol. The minimum Gasteiger partial charge on any atom is -0.508 e. The predicted octanol–water partition coefficient (Wildman–Crippen LogP) is 10.7. The summed E-state index contributed by atoms with van der Waals surface area (Å²) in [4.78, 5) is 96.3. The van der Waals surface area contributed by atoms with Crippen LogP contribution in [0.25, 0.3) is 44.2 Å². The maximum atomic E-state index is 15.0. The molecule has 0 radical (unpaired) electrons. The van der Waals surface area contributed by atoms with Gasteiger partial charge in [0.15, 0.2) is 11.2 Å². The smallest absolute Gasteiger partial charge is 0.453 e. The first kappa shape index (κ1) is 64.7. The van der Waals surface area contributed by atoms with Gasteiger partial charge < -0.3 is 56.0 Å². The number of hydrogen-bond donors (Lipinski definition) is 8. The highest BCUT2D eigenvalue weighted by molar-refractivity contribution is 7.55. The summed E-state index contributed by atoms with van der Waals surface area (Å²) >= 11 is 0. The average molecular weight is 1220 g/mol. The number of phenols is 1. The molecule has 20 heteroatoms. The molecule has 1 aliphatic carbocycles. The number of carbonyl (C=O) groups excluding carboxylic acids is 5. The standard InChI is InChI=1S/C68H75N6O13P/c1-42(2)36-57(66(81)74-67(43(3)4)88(84,86-50-20-8-5-9-21-50)87-51-22-10-6-11-23-51)73-64(79)56(24-15-16-34-69)72-65(80)58(38-44-26-27-45-18-13-14-19-46(45)37-44)71-61(77)25-12-7-17-35-70-63(78)47-28-31-52(68(82)83)55(39-47)62-53-32-29-48(75)40-59(53)85-60-41-49(76)30-33-54(60)62/h5-6,8-11,13-14,18-23,26-33,37,39-43,56-58,67,75H,7,12,15-17,24-25,34-36,38,69H2,1-4H3,(H,70,78)(H,71,77)(H,72,80)(H,73,79)(H,74,81)(H,82,83)/t56-,57-,58-,67+/m0/s1. The van der Waals surface area contributed by atoms with Crippen LogP contribution in [-0.2, 0) is 30.2 Å². The van der Waals surface area contributed by atoms with Gasteiger partial charge in [-0.25, -0.2) is 9.36 Å². The molecule has 88 heavy (non-hydrogen) atoms. The molecule has 0 aromatic heterocycles. The number of unbranched alkanes of at least 4 members (excludes halogenated alkanes) is 3. The Morgan fingerprint density at radius 1 is 0.625 bits per heavy atom. The van der Waals surface area contributed by atoms with E-state index in [2.05, 4.69) is 26.6 Å². The Morgan fingerprint density at radius 3 is 1.95 bits per heavy atom. The van der Waals surface area contributed by atoms with Crippen LogP contribution in [0.5, 0.6) is 17.2 Å². The first-order valence-electron chi connectivity index (χ1n) is 29.6. The van der Waals surface area contributed by atoms with Crippen LogP contribution in [0, 0.1) is 11.8 Å². The van der Waals surface area contributed by atoms with Crippen molar-refractivity contribution in [2.45, 2.75) is 109 Å². The summed E-state index contributed by atoms with van der Waals surface area (Å²) in [5, 5.41) is 37.4. The highest BCUT2D eigenvalue weighted by atomic mass is 31.2. The fourth-order valence-electron chi connectivity index (χ4n) is 10.5. The van der Waals surface area contributed by atoms with Crippen molar-refractivity contribution in [1.82, 2.24) is 26.6 Å². The van der Waals surface area contributed by atoms with Gasteiger partial charge in [0.25, 0.3) is 5.91 Å². The van der Waals surface area contributed by atoms with Gasteiger partial charge in [0, 0.05) is 53.6 Å². The fraction of sp³-hybridized carbons (Fsp3) is 0.309. The summed E-state index contributed by atoms with van der Waals surface area (Å²) in [6.45, 7) is 7.87. The summed E-state index contributed by atoms with van der Waals surface area (Å²) in [6, 6.07) is 39.7. The minimum atomic E-state index is -4.26. The number of benzene rings is 7. The summed E-state index contributed by atoms with van der Waals surface area (Å²) < 4.78 is 33.2. The SMILES string of the molecule is CC(C)C[C@H](NC(=O)[C@H](CCCCN)NC(=O)[C@H](Cc1ccc2ccccc2c1)NC(=O)CCCCCNC(=O)c1ccc(C(=O)O)c(-c2c3ccc(=O)cc-3oc3cc(O)ccc23)c1)C(=O)N[C@@H](C(C)C)P(=O)(Oc1ccccc1)Oc1ccccc1. The molecule has 0 spiro atoms. The maximum absolute atomic E-state index is 15.0. The molecule has 1 aliphatic heterocycles. The van der Waals surface area contributed by atoms with Gasteiger partial charge in [-0.1, -0.05) is 113 Å². The van der Waals surface area contributed by atoms with Crippen LogP contribution >= 0.6 is 7.60 Å². The Bertz CT molecular complexity index is 3790. The van der Waals surface area contributed by atoms with E-state index < -0.39 is 72.9 Å². The Hall–Kier alpha value is -9.32. The van der Waals surface area contributed by atoms with Crippen LogP contribution < -0.4 is 46.8 Å². The third-order valence-electron chi connectivity index (χ3n) is 14.9. The zero-order valence-electron chi connectivity index (χ0n) is 49.7. The van der Waals surface area contributed by atoms with Crippen molar-refractivity contribution in [3.05, 3.63) is 185 Å². The lowest BCUT2D eigenvalue weighted by Crippen LogP contribution is -2.58. The number of nitrogens with one attached hydrogen (secondary N) is 5. The van der Waals surface area contributed by atoms with Crippen LogP contribution in [0.3, 0.4) is 0 Å². The van der Waals surface area contributed by atoms with E-state index in [0.29, 0.717) is 55.2 Å². The Labute approximate surface area is 510 Å². The number of carbonyl (C=O) groups is 6. The normalized spacial score (nSPS) is 12.9. The summed E-state index contributed by atoms with van der Waals surface area (Å²) in [7, 11) is -4.26. The van der Waals surface area contributed by atoms with Crippen molar-refractivity contribution < 1.29 is 57.0 Å². The number of aromatic carboxylic acids is 1. The number of phenolic OH excluding ortho intramolecular Hbond substituents is 1. The zero-order valence-corrected chi connectivity index (χ0v) is 50.6. The molecule has 0 unspecified atom stereocenters. The molecule has 6 aromatic carbocycles. The summed E-state index contributed by atoms with van der Waals surface area (Å²) in [5.74, 6) is -5.26. The van der Waals surface area contributed by atoms with Gasteiger partial charge >= 0.3 is 13.6 Å². The second kappa shape index (κ2) is 30.3. The van der Waals surface area contributed by atoms with Crippen LogP contribution in [0.2, 0.25) is 0 Å². The van der Waals surface area contributed by atoms with Gasteiger partial charge in [-0.15, -0.1) is 0 Å². The van der Waals surface area contributed by atoms with Crippen molar-refractivity contribution in [2.24, 2.45) is 17.6 Å². The van der Waals surface area contributed by atoms with Gasteiger partial charge in [-0.3, -0.25) is 28.8 Å². The molecule has 0 fully saturated rings. The van der Waals surface area contributed by atoms with Crippen LogP contribution in [0.4, 0.5) is 0 Å². The number of carboxylic acid groups (broad SMARTS) is 1. The zero-order chi connectivity index (χ0) is 62.9. The van der Waals surface area contributed by atoms with Gasteiger partial charge in [-0.05, 0) is 146 Å². The minimum absolute atomic E-state index is 0.0236. The van der Waals surface area contributed by atoms with Crippen molar-refractivity contribution in [3.63, 3.8) is 0 Å². The van der Waals surface area contributed by atoms with E-state index in [0.717, 1.165) is 16.3 Å². The molecule has 0 saturated carbocycles. The van der Waals surface area contributed by atoms with Gasteiger partial charge in [0.05, 0.1) is 5.56 Å². The summed E-state index contributed by atoms with van der Waals surface area (Å²) in [6.07, 6.45) is 2.75. The topological polar surface area (TPSA) is 295 Å².